The van der Waals surface area contributed by atoms with Crippen LogP contribution in [0.5, 0.6) is 5.75 Å². The second kappa shape index (κ2) is 8.90. The van der Waals surface area contributed by atoms with Crippen LogP contribution >= 0.6 is 11.6 Å². The van der Waals surface area contributed by atoms with Crippen molar-refractivity contribution in [3.8, 4) is 5.75 Å². The SMILES string of the molecule is CCC(Oc1cc(C)c(Cl)c(C)c1)C(=O)NC(C)(C)/C=C/C(=O)OC. The standard InChI is InChI=1S/C19H26ClNO4/c1-7-15(25-14-10-12(2)17(20)13(3)11-14)18(23)21-19(4,5)9-8-16(22)24-6/h8-11,15H,7H2,1-6H3,(H,21,23)/b9-8+. The molecular weight excluding hydrogens is 342 g/mol. The number of carbonyl (C=O) groups is 2. The van der Waals surface area contributed by atoms with Crippen LogP contribution in [-0.4, -0.2) is 30.6 Å². The summed E-state index contributed by atoms with van der Waals surface area (Å²) in [6.45, 7) is 9.23. The first kappa shape index (κ1) is 21.0. The monoisotopic (exact) mass is 367 g/mol. The molecule has 1 amide bonds. The van der Waals surface area contributed by atoms with E-state index in [2.05, 4.69) is 10.1 Å². The van der Waals surface area contributed by atoms with Crippen LogP contribution in [0.3, 0.4) is 0 Å². The highest BCUT2D eigenvalue weighted by Crippen LogP contribution is 2.26. The average molecular weight is 368 g/mol. The van der Waals surface area contributed by atoms with Crippen molar-refractivity contribution in [2.45, 2.75) is 52.7 Å². The topological polar surface area (TPSA) is 64.6 Å². The Morgan fingerprint density at radius 3 is 2.32 bits per heavy atom. The zero-order valence-electron chi connectivity index (χ0n) is 15.6. The summed E-state index contributed by atoms with van der Waals surface area (Å²) in [7, 11) is 1.30. The van der Waals surface area contributed by atoms with Gasteiger partial charge < -0.3 is 14.8 Å². The molecule has 0 saturated carbocycles. The zero-order chi connectivity index (χ0) is 19.2. The van der Waals surface area contributed by atoms with Gasteiger partial charge in [0, 0.05) is 11.1 Å². The minimum Gasteiger partial charge on any atom is -0.481 e. The third-order valence-corrected chi connectivity index (χ3v) is 4.23. The number of esters is 1. The molecule has 0 bridgehead atoms. The van der Waals surface area contributed by atoms with Crippen molar-refractivity contribution in [1.82, 2.24) is 5.32 Å². The Balaban J connectivity index is 2.84. The lowest BCUT2D eigenvalue weighted by atomic mass is 10.0. The highest BCUT2D eigenvalue weighted by atomic mass is 35.5. The molecule has 0 aliphatic carbocycles. The van der Waals surface area contributed by atoms with E-state index in [-0.39, 0.29) is 5.91 Å². The molecule has 0 aromatic heterocycles. The van der Waals surface area contributed by atoms with Gasteiger partial charge in [0.05, 0.1) is 12.6 Å². The lowest BCUT2D eigenvalue weighted by molar-refractivity contribution is -0.135. The number of ether oxygens (including phenoxy) is 2. The van der Waals surface area contributed by atoms with Gasteiger partial charge in [-0.05, 0) is 57.4 Å². The van der Waals surface area contributed by atoms with E-state index in [0.29, 0.717) is 17.2 Å². The number of methoxy groups -OCH3 is 1. The van der Waals surface area contributed by atoms with Crippen LogP contribution in [0.25, 0.3) is 0 Å². The van der Waals surface area contributed by atoms with E-state index in [1.165, 1.54) is 13.2 Å². The van der Waals surface area contributed by atoms with Crippen molar-refractivity contribution in [3.05, 3.63) is 40.4 Å². The Morgan fingerprint density at radius 1 is 1.28 bits per heavy atom. The number of hydrogen-bond acceptors (Lipinski definition) is 4. The van der Waals surface area contributed by atoms with Gasteiger partial charge in [0.2, 0.25) is 0 Å². The highest BCUT2D eigenvalue weighted by molar-refractivity contribution is 6.32. The fraction of sp³-hybridized carbons (Fsp3) is 0.474. The Bertz CT molecular complexity index is 644. The first-order valence-electron chi connectivity index (χ1n) is 8.12. The predicted molar refractivity (Wildman–Crippen MR) is 99.0 cm³/mol. The molecule has 0 heterocycles. The number of aryl methyl sites for hydroxylation is 2. The van der Waals surface area contributed by atoms with Crippen LogP contribution in [0.4, 0.5) is 0 Å². The number of benzene rings is 1. The Morgan fingerprint density at radius 2 is 1.84 bits per heavy atom. The van der Waals surface area contributed by atoms with E-state index in [4.69, 9.17) is 16.3 Å². The fourth-order valence-corrected chi connectivity index (χ4v) is 2.35. The third-order valence-electron chi connectivity index (χ3n) is 3.63. The number of nitrogens with one attached hydrogen (secondary N) is 1. The molecule has 0 fully saturated rings. The van der Waals surface area contributed by atoms with Crippen molar-refractivity contribution < 1.29 is 19.1 Å². The molecule has 1 unspecified atom stereocenters. The maximum absolute atomic E-state index is 12.5. The molecule has 6 heteroatoms. The quantitative estimate of drug-likeness (QED) is 0.589. The number of rotatable bonds is 7. The van der Waals surface area contributed by atoms with E-state index in [0.717, 1.165) is 11.1 Å². The maximum Gasteiger partial charge on any atom is 0.330 e. The molecule has 0 aliphatic rings. The summed E-state index contributed by atoms with van der Waals surface area (Å²) in [4.78, 5) is 23.7. The molecule has 5 nitrogen and oxygen atoms in total. The Labute approximate surface area is 154 Å². The van der Waals surface area contributed by atoms with Crippen molar-refractivity contribution in [3.63, 3.8) is 0 Å². The smallest absolute Gasteiger partial charge is 0.330 e. The first-order valence-corrected chi connectivity index (χ1v) is 8.50. The van der Waals surface area contributed by atoms with Crippen LogP contribution in [0.15, 0.2) is 24.3 Å². The van der Waals surface area contributed by atoms with Crippen molar-refractivity contribution >= 4 is 23.5 Å². The first-order chi connectivity index (χ1) is 11.6. The normalized spacial score (nSPS) is 12.8. The highest BCUT2D eigenvalue weighted by Gasteiger charge is 2.25. The Hall–Kier alpha value is -2.01. The van der Waals surface area contributed by atoms with Crippen LogP contribution in [0, 0.1) is 13.8 Å². The van der Waals surface area contributed by atoms with Gasteiger partial charge in [-0.1, -0.05) is 24.6 Å². The largest absolute Gasteiger partial charge is 0.481 e. The molecule has 25 heavy (non-hydrogen) atoms. The van der Waals surface area contributed by atoms with Gasteiger partial charge in [0.15, 0.2) is 6.10 Å². The number of halogens is 1. The molecule has 138 valence electrons. The molecule has 0 aliphatic heterocycles. The van der Waals surface area contributed by atoms with Gasteiger partial charge >= 0.3 is 5.97 Å². The summed E-state index contributed by atoms with van der Waals surface area (Å²) in [5.41, 5.74) is 1.08. The molecule has 0 spiro atoms. The minimum absolute atomic E-state index is 0.257. The van der Waals surface area contributed by atoms with Crippen LogP contribution < -0.4 is 10.1 Å². The van der Waals surface area contributed by atoms with Crippen molar-refractivity contribution in [2.75, 3.05) is 7.11 Å². The van der Waals surface area contributed by atoms with E-state index in [1.54, 1.807) is 19.9 Å². The van der Waals surface area contributed by atoms with E-state index in [1.807, 2.05) is 32.9 Å². The Kier molecular flexibility index (Phi) is 7.49. The van der Waals surface area contributed by atoms with Gasteiger partial charge in [-0.15, -0.1) is 0 Å². The molecule has 0 saturated heterocycles. The van der Waals surface area contributed by atoms with Crippen molar-refractivity contribution in [2.24, 2.45) is 0 Å². The van der Waals surface area contributed by atoms with Gasteiger partial charge in [-0.2, -0.15) is 0 Å². The van der Waals surface area contributed by atoms with Gasteiger partial charge in [0.25, 0.3) is 5.91 Å². The minimum atomic E-state index is -0.714. The lowest BCUT2D eigenvalue weighted by Gasteiger charge is -2.26. The maximum atomic E-state index is 12.5. The number of hydrogen-bond donors (Lipinski definition) is 1. The summed E-state index contributed by atoms with van der Waals surface area (Å²) in [6.07, 6.45) is 2.72. The second-order valence-corrected chi connectivity index (χ2v) is 6.83. The predicted octanol–water partition coefficient (Wildman–Crippen LogP) is 3.74. The molecule has 1 atom stereocenters. The molecular formula is C19H26ClNO4. The molecule has 0 radical (unpaired) electrons. The summed E-state index contributed by atoms with van der Waals surface area (Å²) < 4.78 is 10.4. The summed E-state index contributed by atoms with van der Waals surface area (Å²) >= 11 is 6.16. The summed E-state index contributed by atoms with van der Waals surface area (Å²) in [5.74, 6) is -0.130. The number of amides is 1. The van der Waals surface area contributed by atoms with Crippen molar-refractivity contribution in [1.29, 1.82) is 0 Å². The van der Waals surface area contributed by atoms with E-state index >= 15 is 0 Å². The van der Waals surface area contributed by atoms with Gasteiger partial charge in [0.1, 0.15) is 5.75 Å². The lowest BCUT2D eigenvalue weighted by Crippen LogP contribution is -2.48. The van der Waals surface area contributed by atoms with Crippen LogP contribution in [-0.2, 0) is 14.3 Å². The molecule has 1 aromatic carbocycles. The third kappa shape index (κ3) is 6.42. The van der Waals surface area contributed by atoms with E-state index in [9.17, 15) is 9.59 Å². The summed E-state index contributed by atoms with van der Waals surface area (Å²) in [6, 6.07) is 3.63. The number of carbonyl (C=O) groups excluding carboxylic acids is 2. The second-order valence-electron chi connectivity index (χ2n) is 6.45. The van der Waals surface area contributed by atoms with Crippen LogP contribution in [0.2, 0.25) is 5.02 Å². The fourth-order valence-electron chi connectivity index (χ4n) is 2.24. The zero-order valence-corrected chi connectivity index (χ0v) is 16.4. The van der Waals surface area contributed by atoms with E-state index < -0.39 is 17.6 Å². The average Bonchev–Trinajstić information content (AvgIpc) is 2.54. The van der Waals surface area contributed by atoms with Crippen LogP contribution in [0.1, 0.15) is 38.3 Å². The van der Waals surface area contributed by atoms with Gasteiger partial charge in [-0.25, -0.2) is 4.79 Å². The summed E-state index contributed by atoms with van der Waals surface area (Å²) in [5, 5.41) is 3.56. The van der Waals surface area contributed by atoms with Gasteiger partial charge in [-0.3, -0.25) is 4.79 Å². The molecule has 1 rings (SSSR count). The molecule has 1 N–H and O–H groups in total. The molecule has 1 aromatic rings.